The fourth-order valence-corrected chi connectivity index (χ4v) is 4.60. The van der Waals surface area contributed by atoms with Gasteiger partial charge >= 0.3 is 0 Å². The maximum Gasteiger partial charge on any atom is 0.254 e. The van der Waals surface area contributed by atoms with Gasteiger partial charge in [-0.1, -0.05) is 13.3 Å². The Bertz CT molecular complexity index is 631. The Morgan fingerprint density at radius 2 is 1.67 bits per heavy atom. The van der Waals surface area contributed by atoms with Crippen LogP contribution in [-0.4, -0.2) is 64.4 Å². The second kappa shape index (κ2) is 8.83. The standard InChI is InChI=1S/C21H32N2O4/c1-15-6-5-7-17(12-15)22-8-10-23(11-9-22)21(24)16-13-18(25-2)20(27-4)19(14-16)26-3/h13-15,17H,5-12H2,1-4H3/p+1/t15-,17-/m0/s1. The van der Waals surface area contributed by atoms with E-state index in [1.165, 1.54) is 25.7 Å². The van der Waals surface area contributed by atoms with E-state index in [-0.39, 0.29) is 5.91 Å². The molecule has 0 aromatic heterocycles. The number of quaternary nitrogens is 1. The van der Waals surface area contributed by atoms with Crippen molar-refractivity contribution in [2.45, 2.75) is 38.6 Å². The molecule has 2 atom stereocenters. The molecule has 1 aliphatic carbocycles. The summed E-state index contributed by atoms with van der Waals surface area (Å²) in [6.07, 6.45) is 5.38. The first-order valence-electron chi connectivity index (χ1n) is 10.0. The molecule has 1 amide bonds. The van der Waals surface area contributed by atoms with Crippen molar-refractivity contribution in [3.8, 4) is 17.2 Å². The van der Waals surface area contributed by atoms with Crippen LogP contribution in [0, 0.1) is 5.92 Å². The highest BCUT2D eigenvalue weighted by Gasteiger charge is 2.32. The third-order valence-electron chi connectivity index (χ3n) is 6.12. The van der Waals surface area contributed by atoms with Crippen LogP contribution in [0.2, 0.25) is 0 Å². The zero-order chi connectivity index (χ0) is 19.4. The topological polar surface area (TPSA) is 52.4 Å². The number of carbonyl (C=O) groups excluding carboxylic acids is 1. The third-order valence-corrected chi connectivity index (χ3v) is 6.12. The van der Waals surface area contributed by atoms with Crippen molar-refractivity contribution in [3.05, 3.63) is 17.7 Å². The molecule has 6 nitrogen and oxygen atoms in total. The molecule has 0 unspecified atom stereocenters. The molecule has 3 rings (SSSR count). The molecule has 1 aromatic carbocycles. The van der Waals surface area contributed by atoms with E-state index in [1.54, 1.807) is 38.4 Å². The first-order chi connectivity index (χ1) is 13.1. The minimum atomic E-state index is 0.0327. The fourth-order valence-electron chi connectivity index (χ4n) is 4.60. The molecule has 1 saturated carbocycles. The number of carbonyl (C=O) groups is 1. The molecule has 0 radical (unpaired) electrons. The molecular weight excluding hydrogens is 344 g/mol. The zero-order valence-electron chi connectivity index (χ0n) is 17.0. The number of benzene rings is 1. The second-order valence-corrected chi connectivity index (χ2v) is 7.83. The summed E-state index contributed by atoms with van der Waals surface area (Å²) in [6, 6.07) is 4.25. The van der Waals surface area contributed by atoms with Crippen LogP contribution in [0.4, 0.5) is 0 Å². The quantitative estimate of drug-likeness (QED) is 0.848. The van der Waals surface area contributed by atoms with Crippen molar-refractivity contribution in [1.82, 2.24) is 4.90 Å². The van der Waals surface area contributed by atoms with Crippen molar-refractivity contribution < 1.29 is 23.9 Å². The van der Waals surface area contributed by atoms with E-state index in [4.69, 9.17) is 14.2 Å². The largest absolute Gasteiger partial charge is 0.493 e. The molecule has 1 aromatic rings. The number of hydrogen-bond acceptors (Lipinski definition) is 4. The third kappa shape index (κ3) is 4.32. The zero-order valence-corrected chi connectivity index (χ0v) is 17.0. The minimum absolute atomic E-state index is 0.0327. The van der Waals surface area contributed by atoms with Crippen LogP contribution in [0.5, 0.6) is 17.2 Å². The maximum absolute atomic E-state index is 13.0. The molecule has 1 aliphatic heterocycles. The molecule has 0 spiro atoms. The predicted octanol–water partition coefficient (Wildman–Crippen LogP) is 1.63. The van der Waals surface area contributed by atoms with Crippen LogP contribution in [0.3, 0.4) is 0 Å². The highest BCUT2D eigenvalue weighted by Crippen LogP contribution is 2.38. The van der Waals surface area contributed by atoms with Crippen LogP contribution in [-0.2, 0) is 0 Å². The Balaban J connectivity index is 1.67. The summed E-state index contributed by atoms with van der Waals surface area (Å²) in [7, 11) is 4.70. The van der Waals surface area contributed by atoms with Crippen molar-refractivity contribution in [3.63, 3.8) is 0 Å². The van der Waals surface area contributed by atoms with Crippen molar-refractivity contribution in [2.75, 3.05) is 47.5 Å². The van der Waals surface area contributed by atoms with Crippen molar-refractivity contribution in [2.24, 2.45) is 5.92 Å². The molecular formula is C21H33N2O4+. The second-order valence-electron chi connectivity index (χ2n) is 7.83. The molecule has 2 fully saturated rings. The van der Waals surface area contributed by atoms with E-state index >= 15 is 0 Å². The number of amides is 1. The van der Waals surface area contributed by atoms with Gasteiger partial charge in [-0.3, -0.25) is 4.79 Å². The number of rotatable bonds is 5. The van der Waals surface area contributed by atoms with Gasteiger partial charge < -0.3 is 24.0 Å². The van der Waals surface area contributed by atoms with Crippen molar-refractivity contribution >= 4 is 5.91 Å². The van der Waals surface area contributed by atoms with E-state index in [9.17, 15) is 4.79 Å². The highest BCUT2D eigenvalue weighted by molar-refractivity contribution is 5.95. The Morgan fingerprint density at radius 1 is 1.04 bits per heavy atom. The van der Waals surface area contributed by atoms with Gasteiger partial charge in [0.25, 0.3) is 5.91 Å². The normalized spacial score (nSPS) is 23.8. The molecule has 2 aliphatic rings. The van der Waals surface area contributed by atoms with E-state index < -0.39 is 0 Å². The Kier molecular flexibility index (Phi) is 6.47. The number of nitrogens with one attached hydrogen (secondary N) is 1. The Labute approximate surface area is 162 Å². The molecule has 1 heterocycles. The summed E-state index contributed by atoms with van der Waals surface area (Å²) >= 11 is 0. The number of hydrogen-bond donors (Lipinski definition) is 1. The summed E-state index contributed by atoms with van der Waals surface area (Å²) in [5.74, 6) is 2.42. The van der Waals surface area contributed by atoms with E-state index in [2.05, 4.69) is 6.92 Å². The SMILES string of the molecule is COc1cc(C(=O)N2CC[NH+]([C@H]3CCC[C@H](C)C3)CC2)cc(OC)c1OC. The van der Waals surface area contributed by atoms with Gasteiger partial charge in [0.05, 0.1) is 53.6 Å². The van der Waals surface area contributed by atoms with Gasteiger partial charge in [-0.15, -0.1) is 0 Å². The lowest BCUT2D eigenvalue weighted by Crippen LogP contribution is -3.18. The van der Waals surface area contributed by atoms with E-state index in [0.29, 0.717) is 22.8 Å². The van der Waals surface area contributed by atoms with Crippen molar-refractivity contribution in [1.29, 1.82) is 0 Å². The van der Waals surface area contributed by atoms with Gasteiger partial charge in [0.1, 0.15) is 0 Å². The molecule has 27 heavy (non-hydrogen) atoms. The maximum atomic E-state index is 13.0. The summed E-state index contributed by atoms with van der Waals surface area (Å²) in [6.45, 7) is 6.04. The van der Waals surface area contributed by atoms with Gasteiger partial charge in [-0.2, -0.15) is 0 Å². The first kappa shape index (κ1) is 19.8. The molecule has 150 valence electrons. The summed E-state index contributed by atoms with van der Waals surface area (Å²) in [5.41, 5.74) is 0.583. The molecule has 1 N–H and O–H groups in total. The summed E-state index contributed by atoms with van der Waals surface area (Å²) < 4.78 is 16.1. The predicted molar refractivity (Wildman–Crippen MR) is 104 cm³/mol. The lowest BCUT2D eigenvalue weighted by molar-refractivity contribution is -0.930. The minimum Gasteiger partial charge on any atom is -0.493 e. The monoisotopic (exact) mass is 377 g/mol. The number of nitrogens with zero attached hydrogens (tertiary/aromatic N) is 1. The Morgan fingerprint density at radius 3 is 2.19 bits per heavy atom. The average molecular weight is 378 g/mol. The highest BCUT2D eigenvalue weighted by atomic mass is 16.5. The van der Waals surface area contributed by atoms with Crippen LogP contribution in [0.25, 0.3) is 0 Å². The first-order valence-corrected chi connectivity index (χ1v) is 10.0. The van der Waals surface area contributed by atoms with Gasteiger partial charge in [0.15, 0.2) is 11.5 Å². The van der Waals surface area contributed by atoms with Crippen LogP contribution in [0.15, 0.2) is 12.1 Å². The smallest absolute Gasteiger partial charge is 0.254 e. The van der Waals surface area contributed by atoms with E-state index in [1.807, 2.05) is 4.90 Å². The number of ether oxygens (including phenoxy) is 3. The van der Waals surface area contributed by atoms with Gasteiger partial charge in [0, 0.05) is 12.0 Å². The van der Waals surface area contributed by atoms with Crippen LogP contribution < -0.4 is 19.1 Å². The number of methoxy groups -OCH3 is 3. The van der Waals surface area contributed by atoms with Gasteiger partial charge in [0.2, 0.25) is 5.75 Å². The molecule has 6 heteroatoms. The van der Waals surface area contributed by atoms with E-state index in [0.717, 1.165) is 38.1 Å². The molecule has 1 saturated heterocycles. The fraction of sp³-hybridized carbons (Fsp3) is 0.667. The lowest BCUT2D eigenvalue weighted by atomic mass is 9.86. The van der Waals surface area contributed by atoms with Gasteiger partial charge in [-0.25, -0.2) is 0 Å². The van der Waals surface area contributed by atoms with Gasteiger partial charge in [-0.05, 0) is 30.9 Å². The summed E-state index contributed by atoms with van der Waals surface area (Å²) in [5, 5.41) is 0. The summed E-state index contributed by atoms with van der Waals surface area (Å²) in [4.78, 5) is 16.7. The van der Waals surface area contributed by atoms with Crippen LogP contribution >= 0.6 is 0 Å². The Hall–Kier alpha value is -1.95. The lowest BCUT2D eigenvalue weighted by Gasteiger charge is -2.39. The molecule has 0 bridgehead atoms. The van der Waals surface area contributed by atoms with Crippen LogP contribution in [0.1, 0.15) is 43.0 Å². The number of piperazine rings is 1. The average Bonchev–Trinajstić information content (AvgIpc) is 2.72.